The lowest BCUT2D eigenvalue weighted by Gasteiger charge is -2.31. The molecule has 2 aromatic rings. The summed E-state index contributed by atoms with van der Waals surface area (Å²) in [6.07, 6.45) is 6.50. The Balaban J connectivity index is 1.71. The first-order valence-electron chi connectivity index (χ1n) is 11.1. The third-order valence-corrected chi connectivity index (χ3v) is 6.04. The van der Waals surface area contributed by atoms with Crippen LogP contribution in [0.3, 0.4) is 0 Å². The lowest BCUT2D eigenvalue weighted by molar-refractivity contribution is -0.138. The third-order valence-electron chi connectivity index (χ3n) is 6.04. The largest absolute Gasteiger partial charge is 0.364 e. The molecular weight excluding hydrogens is 360 g/mol. The van der Waals surface area contributed by atoms with Crippen molar-refractivity contribution in [2.24, 2.45) is 11.7 Å². The summed E-state index contributed by atoms with van der Waals surface area (Å²) in [5, 5.41) is 5.51. The summed E-state index contributed by atoms with van der Waals surface area (Å²) in [7, 11) is 0. The van der Waals surface area contributed by atoms with E-state index < -0.39 is 6.10 Å². The number of nitrogens with two attached hydrogens (primary N) is 1. The maximum absolute atomic E-state index is 13.2. The molecule has 29 heavy (non-hydrogen) atoms. The Morgan fingerprint density at radius 3 is 2.48 bits per heavy atom. The van der Waals surface area contributed by atoms with Crippen LogP contribution in [0.1, 0.15) is 70.9 Å². The van der Waals surface area contributed by atoms with E-state index in [0.29, 0.717) is 5.92 Å². The number of amides is 1. The third kappa shape index (κ3) is 5.80. The van der Waals surface area contributed by atoms with Crippen molar-refractivity contribution in [2.75, 3.05) is 0 Å². The minimum absolute atomic E-state index is 0.0454. The van der Waals surface area contributed by atoms with E-state index in [4.69, 9.17) is 10.5 Å². The van der Waals surface area contributed by atoms with Crippen LogP contribution in [0.25, 0.3) is 10.8 Å². The highest BCUT2D eigenvalue weighted by atomic mass is 16.5. The van der Waals surface area contributed by atoms with Gasteiger partial charge in [0.1, 0.15) is 0 Å². The number of fused-ring (bicyclic) bond motifs is 1. The van der Waals surface area contributed by atoms with E-state index in [1.807, 2.05) is 39.0 Å². The van der Waals surface area contributed by atoms with Crippen molar-refractivity contribution in [1.82, 2.24) is 5.32 Å². The van der Waals surface area contributed by atoms with Gasteiger partial charge >= 0.3 is 0 Å². The zero-order chi connectivity index (χ0) is 20.8. The van der Waals surface area contributed by atoms with E-state index in [0.717, 1.165) is 17.4 Å². The molecule has 0 heterocycles. The second-order valence-electron chi connectivity index (χ2n) is 8.81. The predicted octanol–water partition coefficient (Wildman–Crippen LogP) is 5.11. The SMILES string of the molecule is CC(C)OC(C(=O)NC(C)c1cccc2ccccc12)[C@H](N)CC1CCCCC1. The summed E-state index contributed by atoms with van der Waals surface area (Å²) in [6, 6.07) is 14.1. The topological polar surface area (TPSA) is 64.3 Å². The molecule has 0 bridgehead atoms. The molecule has 4 heteroatoms. The van der Waals surface area contributed by atoms with Crippen molar-refractivity contribution in [3.05, 3.63) is 48.0 Å². The van der Waals surface area contributed by atoms with Gasteiger partial charge in [-0.25, -0.2) is 0 Å². The number of carbonyl (C=O) groups excluding carboxylic acids is 1. The van der Waals surface area contributed by atoms with Crippen LogP contribution in [0, 0.1) is 5.92 Å². The maximum Gasteiger partial charge on any atom is 0.251 e. The van der Waals surface area contributed by atoms with Gasteiger partial charge in [-0.05, 0) is 49.4 Å². The Labute approximate surface area is 175 Å². The average Bonchev–Trinajstić information content (AvgIpc) is 2.72. The standard InChI is InChI=1S/C25H36N2O2/c1-17(2)29-24(23(26)16-19-10-5-4-6-11-19)25(28)27-18(3)21-15-9-13-20-12-7-8-14-22(20)21/h7-9,12-15,17-19,23-24H,4-6,10-11,16,26H2,1-3H3,(H,27,28)/t18?,23-,24?/m1/s1. The fraction of sp³-hybridized carbons (Fsp3) is 0.560. The molecule has 3 N–H and O–H groups in total. The van der Waals surface area contributed by atoms with Gasteiger partial charge in [-0.1, -0.05) is 74.6 Å². The molecule has 158 valence electrons. The maximum atomic E-state index is 13.2. The smallest absolute Gasteiger partial charge is 0.251 e. The van der Waals surface area contributed by atoms with Crippen LogP contribution in [-0.2, 0) is 9.53 Å². The van der Waals surface area contributed by atoms with E-state index in [1.165, 1.54) is 37.5 Å². The van der Waals surface area contributed by atoms with Crippen LogP contribution in [0.4, 0.5) is 0 Å². The first-order chi connectivity index (χ1) is 14.0. The van der Waals surface area contributed by atoms with Crippen LogP contribution in [0.2, 0.25) is 0 Å². The van der Waals surface area contributed by atoms with Crippen LogP contribution < -0.4 is 11.1 Å². The van der Waals surface area contributed by atoms with Gasteiger partial charge in [0.25, 0.3) is 5.91 Å². The number of carbonyl (C=O) groups is 1. The zero-order valence-electron chi connectivity index (χ0n) is 18.1. The molecule has 1 fully saturated rings. The number of hydrogen-bond acceptors (Lipinski definition) is 3. The molecule has 0 aliphatic heterocycles. The molecule has 0 spiro atoms. The number of nitrogens with one attached hydrogen (secondary N) is 1. The summed E-state index contributed by atoms with van der Waals surface area (Å²) < 4.78 is 6.00. The highest BCUT2D eigenvalue weighted by molar-refractivity contribution is 5.87. The highest BCUT2D eigenvalue weighted by Gasteiger charge is 2.31. The molecule has 0 aromatic heterocycles. The Kier molecular flexibility index (Phi) is 7.68. The summed E-state index contributed by atoms with van der Waals surface area (Å²) >= 11 is 0. The van der Waals surface area contributed by atoms with Gasteiger partial charge in [0, 0.05) is 6.04 Å². The molecule has 0 saturated heterocycles. The van der Waals surface area contributed by atoms with Crippen molar-refractivity contribution < 1.29 is 9.53 Å². The van der Waals surface area contributed by atoms with Gasteiger partial charge in [0.2, 0.25) is 0 Å². The van der Waals surface area contributed by atoms with Gasteiger partial charge in [-0.15, -0.1) is 0 Å². The monoisotopic (exact) mass is 396 g/mol. The van der Waals surface area contributed by atoms with Gasteiger partial charge in [-0.2, -0.15) is 0 Å². The van der Waals surface area contributed by atoms with Crippen molar-refractivity contribution in [3.63, 3.8) is 0 Å². The first kappa shape index (κ1) is 21.8. The molecule has 2 aromatic carbocycles. The molecule has 3 rings (SSSR count). The molecule has 1 aliphatic rings. The lowest BCUT2D eigenvalue weighted by Crippen LogP contribution is -2.50. The first-order valence-corrected chi connectivity index (χ1v) is 11.1. The Morgan fingerprint density at radius 2 is 1.76 bits per heavy atom. The number of hydrogen-bond donors (Lipinski definition) is 2. The van der Waals surface area contributed by atoms with Crippen molar-refractivity contribution in [2.45, 2.75) is 83.6 Å². The van der Waals surface area contributed by atoms with Crippen LogP contribution in [0.15, 0.2) is 42.5 Å². The second kappa shape index (κ2) is 10.2. The van der Waals surface area contributed by atoms with Crippen LogP contribution >= 0.6 is 0 Å². The fourth-order valence-corrected chi connectivity index (χ4v) is 4.58. The van der Waals surface area contributed by atoms with Gasteiger partial charge in [0.15, 0.2) is 6.10 Å². The van der Waals surface area contributed by atoms with Crippen LogP contribution in [-0.4, -0.2) is 24.2 Å². The van der Waals surface area contributed by atoms with Crippen molar-refractivity contribution >= 4 is 16.7 Å². The summed E-state index contributed by atoms with van der Waals surface area (Å²) in [4.78, 5) is 13.2. The number of rotatable bonds is 8. The predicted molar refractivity (Wildman–Crippen MR) is 120 cm³/mol. The quantitative estimate of drug-likeness (QED) is 0.652. The molecule has 1 saturated carbocycles. The Bertz CT molecular complexity index is 793. The van der Waals surface area contributed by atoms with Crippen molar-refractivity contribution in [1.29, 1.82) is 0 Å². The van der Waals surface area contributed by atoms with E-state index in [-0.39, 0.29) is 24.1 Å². The Hall–Kier alpha value is -1.91. The Morgan fingerprint density at radius 1 is 1.07 bits per heavy atom. The van der Waals surface area contributed by atoms with E-state index in [1.54, 1.807) is 0 Å². The van der Waals surface area contributed by atoms with E-state index in [9.17, 15) is 4.79 Å². The van der Waals surface area contributed by atoms with Gasteiger partial charge < -0.3 is 15.8 Å². The molecule has 3 atom stereocenters. The van der Waals surface area contributed by atoms with E-state index >= 15 is 0 Å². The van der Waals surface area contributed by atoms with Gasteiger partial charge in [0.05, 0.1) is 12.1 Å². The molecule has 2 unspecified atom stereocenters. The van der Waals surface area contributed by atoms with Gasteiger partial charge in [-0.3, -0.25) is 4.79 Å². The van der Waals surface area contributed by atoms with E-state index in [2.05, 4.69) is 29.6 Å². The average molecular weight is 397 g/mol. The summed E-state index contributed by atoms with van der Waals surface area (Å²) in [5.74, 6) is 0.503. The summed E-state index contributed by atoms with van der Waals surface area (Å²) in [6.45, 7) is 5.95. The minimum atomic E-state index is -0.616. The molecule has 4 nitrogen and oxygen atoms in total. The zero-order valence-corrected chi connectivity index (χ0v) is 18.1. The highest BCUT2D eigenvalue weighted by Crippen LogP contribution is 2.28. The minimum Gasteiger partial charge on any atom is -0.364 e. The van der Waals surface area contributed by atoms with Crippen LogP contribution in [0.5, 0.6) is 0 Å². The summed E-state index contributed by atoms with van der Waals surface area (Å²) in [5.41, 5.74) is 7.63. The normalized spacial score (nSPS) is 18.5. The fourth-order valence-electron chi connectivity index (χ4n) is 4.58. The number of benzene rings is 2. The molecule has 0 radical (unpaired) electrons. The lowest BCUT2D eigenvalue weighted by atomic mass is 9.84. The second-order valence-corrected chi connectivity index (χ2v) is 8.81. The van der Waals surface area contributed by atoms with Crippen molar-refractivity contribution in [3.8, 4) is 0 Å². The molecule has 1 amide bonds. The molecular formula is C25H36N2O2. The number of ether oxygens (including phenoxy) is 1. The molecule has 1 aliphatic carbocycles.